The number of carbonyl (C=O) groups excluding carboxylic acids is 1. The third-order valence-electron chi connectivity index (χ3n) is 3.61. The molecule has 0 aliphatic carbocycles. The van der Waals surface area contributed by atoms with E-state index in [1.165, 1.54) is 0 Å². The first-order valence-electron chi connectivity index (χ1n) is 8.43. The molecule has 4 nitrogen and oxygen atoms in total. The molecule has 0 saturated carbocycles. The summed E-state index contributed by atoms with van der Waals surface area (Å²) in [7, 11) is 0. The van der Waals surface area contributed by atoms with Gasteiger partial charge in [-0.3, -0.25) is 4.79 Å². The van der Waals surface area contributed by atoms with Gasteiger partial charge in [-0.05, 0) is 62.2 Å². The number of hydrogen-bond acceptors (Lipinski definition) is 3. The monoisotopic (exact) mass is 339 g/mol. The van der Waals surface area contributed by atoms with Crippen molar-refractivity contribution < 1.29 is 14.3 Å². The lowest BCUT2D eigenvalue weighted by Crippen LogP contribution is -2.13. The van der Waals surface area contributed by atoms with Crippen LogP contribution in [0.25, 0.3) is 0 Å². The van der Waals surface area contributed by atoms with Crippen LogP contribution in [-0.4, -0.2) is 18.6 Å². The Morgan fingerprint density at radius 2 is 1.88 bits per heavy atom. The minimum Gasteiger partial charge on any atom is -0.491 e. The zero-order valence-corrected chi connectivity index (χ0v) is 15.0. The van der Waals surface area contributed by atoms with Crippen molar-refractivity contribution in [2.45, 2.75) is 33.3 Å². The summed E-state index contributed by atoms with van der Waals surface area (Å²) in [5.74, 6) is 1.28. The van der Waals surface area contributed by atoms with Crippen LogP contribution in [0, 0.1) is 0 Å². The second kappa shape index (κ2) is 8.92. The van der Waals surface area contributed by atoms with Gasteiger partial charge in [0.05, 0.1) is 6.10 Å². The van der Waals surface area contributed by atoms with Crippen molar-refractivity contribution >= 4 is 11.6 Å². The summed E-state index contributed by atoms with van der Waals surface area (Å²) in [6.07, 6.45) is 1.09. The minimum absolute atomic E-state index is 0.154. The first-order chi connectivity index (χ1) is 12.0. The molecule has 1 N–H and O–H groups in total. The van der Waals surface area contributed by atoms with Crippen molar-refractivity contribution in [3.63, 3.8) is 0 Å². The van der Waals surface area contributed by atoms with E-state index in [4.69, 9.17) is 9.47 Å². The van der Waals surface area contributed by atoms with Gasteiger partial charge in [0.1, 0.15) is 18.1 Å². The van der Waals surface area contributed by atoms with Crippen molar-refractivity contribution in [2.75, 3.05) is 11.9 Å². The SMILES string of the molecule is C=C(C)COc1cccc(NC(=O)c2ccc(OC(C)CC)cc2)c1. The maximum Gasteiger partial charge on any atom is 0.255 e. The Hall–Kier alpha value is -2.75. The third-order valence-corrected chi connectivity index (χ3v) is 3.61. The van der Waals surface area contributed by atoms with Crippen LogP contribution >= 0.6 is 0 Å². The van der Waals surface area contributed by atoms with E-state index in [0.29, 0.717) is 23.6 Å². The van der Waals surface area contributed by atoms with Crippen LogP contribution in [0.3, 0.4) is 0 Å². The lowest BCUT2D eigenvalue weighted by atomic mass is 10.2. The average Bonchev–Trinajstić information content (AvgIpc) is 2.60. The molecule has 0 radical (unpaired) electrons. The Morgan fingerprint density at radius 3 is 2.52 bits per heavy atom. The number of nitrogens with one attached hydrogen (secondary N) is 1. The van der Waals surface area contributed by atoms with E-state index < -0.39 is 0 Å². The van der Waals surface area contributed by atoms with Crippen LogP contribution < -0.4 is 14.8 Å². The summed E-state index contributed by atoms with van der Waals surface area (Å²) in [4.78, 5) is 12.4. The maximum atomic E-state index is 12.4. The summed E-state index contributed by atoms with van der Waals surface area (Å²) < 4.78 is 11.3. The molecule has 0 fully saturated rings. The van der Waals surface area contributed by atoms with E-state index in [9.17, 15) is 4.79 Å². The molecule has 1 amide bonds. The van der Waals surface area contributed by atoms with Crippen molar-refractivity contribution in [3.8, 4) is 11.5 Å². The topological polar surface area (TPSA) is 47.6 Å². The first-order valence-corrected chi connectivity index (χ1v) is 8.43. The number of benzene rings is 2. The highest BCUT2D eigenvalue weighted by molar-refractivity contribution is 6.04. The van der Waals surface area contributed by atoms with Gasteiger partial charge in [-0.1, -0.05) is 19.6 Å². The summed E-state index contributed by atoms with van der Waals surface area (Å²) in [6, 6.07) is 14.4. The molecule has 0 heterocycles. The summed E-state index contributed by atoms with van der Waals surface area (Å²) >= 11 is 0. The minimum atomic E-state index is -0.174. The van der Waals surface area contributed by atoms with E-state index in [-0.39, 0.29) is 12.0 Å². The van der Waals surface area contributed by atoms with E-state index >= 15 is 0 Å². The molecule has 1 unspecified atom stereocenters. The van der Waals surface area contributed by atoms with Gasteiger partial charge in [0.2, 0.25) is 0 Å². The van der Waals surface area contributed by atoms with E-state index in [1.807, 2.05) is 44.2 Å². The van der Waals surface area contributed by atoms with Crippen molar-refractivity contribution in [3.05, 3.63) is 66.2 Å². The normalized spacial score (nSPS) is 11.5. The van der Waals surface area contributed by atoms with Gasteiger partial charge in [-0.15, -0.1) is 0 Å². The van der Waals surface area contributed by atoms with Gasteiger partial charge in [0.25, 0.3) is 5.91 Å². The fraction of sp³-hybridized carbons (Fsp3) is 0.286. The highest BCUT2D eigenvalue weighted by Gasteiger charge is 2.08. The van der Waals surface area contributed by atoms with E-state index in [0.717, 1.165) is 17.7 Å². The van der Waals surface area contributed by atoms with Gasteiger partial charge in [0, 0.05) is 17.3 Å². The van der Waals surface area contributed by atoms with Crippen LogP contribution in [-0.2, 0) is 0 Å². The molecule has 0 aliphatic rings. The molecule has 2 aromatic rings. The number of ether oxygens (including phenoxy) is 2. The Kier molecular flexibility index (Phi) is 6.63. The van der Waals surface area contributed by atoms with Gasteiger partial charge < -0.3 is 14.8 Å². The van der Waals surface area contributed by atoms with Crippen LogP contribution in [0.15, 0.2) is 60.7 Å². The lowest BCUT2D eigenvalue weighted by Gasteiger charge is -2.13. The summed E-state index contributed by atoms with van der Waals surface area (Å²) in [6.45, 7) is 10.2. The number of amides is 1. The zero-order chi connectivity index (χ0) is 18.2. The average molecular weight is 339 g/mol. The van der Waals surface area contributed by atoms with Crippen molar-refractivity contribution in [2.24, 2.45) is 0 Å². The van der Waals surface area contributed by atoms with E-state index in [2.05, 4.69) is 18.8 Å². The van der Waals surface area contributed by atoms with Crippen LogP contribution in [0.5, 0.6) is 11.5 Å². The molecule has 2 aromatic carbocycles. The molecular formula is C21H25NO3. The third kappa shape index (κ3) is 5.99. The second-order valence-electron chi connectivity index (χ2n) is 6.09. The van der Waals surface area contributed by atoms with Gasteiger partial charge in [-0.2, -0.15) is 0 Å². The molecule has 0 bridgehead atoms. The first kappa shape index (κ1) is 18.6. The molecule has 0 saturated heterocycles. The van der Waals surface area contributed by atoms with Gasteiger partial charge >= 0.3 is 0 Å². The van der Waals surface area contributed by atoms with Crippen LogP contribution in [0.1, 0.15) is 37.6 Å². The predicted octanol–water partition coefficient (Wildman–Crippen LogP) is 5.07. The molecule has 0 spiro atoms. The van der Waals surface area contributed by atoms with Crippen molar-refractivity contribution in [1.82, 2.24) is 0 Å². The molecule has 1 atom stereocenters. The number of carbonyl (C=O) groups is 1. The second-order valence-corrected chi connectivity index (χ2v) is 6.09. The van der Waals surface area contributed by atoms with Crippen LogP contribution in [0.4, 0.5) is 5.69 Å². The smallest absolute Gasteiger partial charge is 0.255 e. The quantitative estimate of drug-likeness (QED) is 0.683. The highest BCUT2D eigenvalue weighted by Crippen LogP contribution is 2.20. The molecule has 132 valence electrons. The van der Waals surface area contributed by atoms with Crippen LogP contribution in [0.2, 0.25) is 0 Å². The fourth-order valence-electron chi connectivity index (χ4n) is 2.07. The number of hydrogen-bond donors (Lipinski definition) is 1. The molecule has 0 aliphatic heterocycles. The Labute approximate surface area is 149 Å². The number of anilines is 1. The highest BCUT2D eigenvalue weighted by atomic mass is 16.5. The number of rotatable bonds is 8. The molecule has 0 aromatic heterocycles. The molecule has 4 heteroatoms. The largest absolute Gasteiger partial charge is 0.491 e. The zero-order valence-electron chi connectivity index (χ0n) is 15.0. The summed E-state index contributed by atoms with van der Waals surface area (Å²) in [5.41, 5.74) is 2.20. The maximum absolute atomic E-state index is 12.4. The Balaban J connectivity index is 1.99. The molecular weight excluding hydrogens is 314 g/mol. The summed E-state index contributed by atoms with van der Waals surface area (Å²) in [5, 5.41) is 2.88. The predicted molar refractivity (Wildman–Crippen MR) is 102 cm³/mol. The van der Waals surface area contributed by atoms with Gasteiger partial charge in [0.15, 0.2) is 0 Å². The standard InChI is InChI=1S/C21H25NO3/c1-5-16(4)25-19-11-9-17(10-12-19)21(23)22-18-7-6-8-20(13-18)24-14-15(2)3/h6-13,16H,2,5,14H2,1,3-4H3,(H,22,23). The lowest BCUT2D eigenvalue weighted by molar-refractivity contribution is 0.102. The molecule has 25 heavy (non-hydrogen) atoms. The van der Waals surface area contributed by atoms with Crippen molar-refractivity contribution in [1.29, 1.82) is 0 Å². The fourth-order valence-corrected chi connectivity index (χ4v) is 2.07. The molecule has 2 rings (SSSR count). The Morgan fingerprint density at radius 1 is 1.16 bits per heavy atom. The van der Waals surface area contributed by atoms with Gasteiger partial charge in [-0.25, -0.2) is 0 Å². The Bertz CT molecular complexity index is 722. The van der Waals surface area contributed by atoms with E-state index in [1.54, 1.807) is 18.2 Å².